The number of hydrogen-bond donors (Lipinski definition) is 3. The molecule has 1 aromatic heterocycles. The van der Waals surface area contributed by atoms with Crippen molar-refractivity contribution in [1.82, 2.24) is 4.98 Å². The van der Waals surface area contributed by atoms with E-state index in [2.05, 4.69) is 15.6 Å². The van der Waals surface area contributed by atoms with Crippen LogP contribution in [-0.4, -0.2) is 23.4 Å². The number of ether oxygens (including phenoxy) is 1. The predicted molar refractivity (Wildman–Crippen MR) is 87.1 cm³/mol. The van der Waals surface area contributed by atoms with Crippen LogP contribution in [0, 0.1) is 10.9 Å². The van der Waals surface area contributed by atoms with Gasteiger partial charge < -0.3 is 20.4 Å². The minimum Gasteiger partial charge on any atom is -0.482 e. The highest BCUT2D eigenvalue weighted by Crippen LogP contribution is 2.30. The van der Waals surface area contributed by atoms with Gasteiger partial charge in [-0.3, -0.25) is 9.59 Å². The molecule has 0 atom stereocenters. The maximum absolute atomic E-state index is 12.1. The van der Waals surface area contributed by atoms with Crippen LogP contribution in [0.1, 0.15) is 10.6 Å². The molecule has 3 N–H and O–H groups in total. The first-order chi connectivity index (χ1) is 10.5. The van der Waals surface area contributed by atoms with Crippen molar-refractivity contribution in [2.75, 3.05) is 17.2 Å². The summed E-state index contributed by atoms with van der Waals surface area (Å²) in [5.41, 5.74) is 2.07. The Morgan fingerprint density at radius 2 is 2.32 bits per heavy atom. The summed E-state index contributed by atoms with van der Waals surface area (Å²) < 4.78 is 5.93. The summed E-state index contributed by atoms with van der Waals surface area (Å²) in [5.74, 6) is 0.243. The van der Waals surface area contributed by atoms with Gasteiger partial charge in [-0.15, -0.1) is 11.3 Å². The third-order valence-corrected chi connectivity index (χ3v) is 4.48. The summed E-state index contributed by atoms with van der Waals surface area (Å²) in [6.07, 6.45) is 0.254. The zero-order valence-corrected chi connectivity index (χ0v) is 13.3. The van der Waals surface area contributed by atoms with Crippen molar-refractivity contribution in [3.05, 3.63) is 32.7 Å². The Morgan fingerprint density at radius 3 is 3.05 bits per heavy atom. The number of aromatic nitrogens is 1. The number of carbonyl (C=O) groups is 2. The highest BCUT2D eigenvalue weighted by atomic mass is 32.1. The number of nitrogens with one attached hydrogen (secondary N) is 3. The normalized spacial score (nSPS) is 13.0. The number of fused-ring (bicyclic) bond motifs is 1. The van der Waals surface area contributed by atoms with Gasteiger partial charge in [-0.2, -0.15) is 0 Å². The quantitative estimate of drug-likeness (QED) is 0.753. The lowest BCUT2D eigenvalue weighted by Gasteiger charge is -2.18. The summed E-state index contributed by atoms with van der Waals surface area (Å²) in [6.45, 7) is 1.90. The number of benzene rings is 1. The molecular formula is C14H13N3O3S2. The lowest BCUT2D eigenvalue weighted by Crippen LogP contribution is -2.25. The third-order valence-electron chi connectivity index (χ3n) is 3.14. The first-order valence-electron chi connectivity index (χ1n) is 6.56. The molecule has 0 fully saturated rings. The van der Waals surface area contributed by atoms with Crippen molar-refractivity contribution >= 4 is 46.7 Å². The predicted octanol–water partition coefficient (Wildman–Crippen LogP) is 2.63. The summed E-state index contributed by atoms with van der Waals surface area (Å²) in [5, 5.41) is 5.51. The number of H-pyrrole nitrogens is 1. The molecule has 114 valence electrons. The van der Waals surface area contributed by atoms with Crippen LogP contribution in [0.4, 0.5) is 11.4 Å². The van der Waals surface area contributed by atoms with Crippen molar-refractivity contribution in [2.24, 2.45) is 0 Å². The number of amides is 2. The molecule has 3 rings (SSSR count). The molecule has 0 bridgehead atoms. The van der Waals surface area contributed by atoms with Gasteiger partial charge >= 0.3 is 0 Å². The maximum atomic E-state index is 12.1. The van der Waals surface area contributed by atoms with Crippen molar-refractivity contribution < 1.29 is 14.3 Å². The monoisotopic (exact) mass is 335 g/mol. The van der Waals surface area contributed by atoms with Crippen molar-refractivity contribution in [1.29, 1.82) is 0 Å². The van der Waals surface area contributed by atoms with Crippen molar-refractivity contribution in [2.45, 2.75) is 13.3 Å². The SMILES string of the molecule is Cc1[nH]c(=S)sc1CC(=O)Nc1ccc2c(c1)NC(=O)CO2. The lowest BCUT2D eigenvalue weighted by atomic mass is 10.2. The third kappa shape index (κ3) is 3.18. The van der Waals surface area contributed by atoms with Crippen LogP contribution in [0.25, 0.3) is 0 Å². The van der Waals surface area contributed by atoms with Crippen LogP contribution in [0.2, 0.25) is 0 Å². The van der Waals surface area contributed by atoms with Crippen LogP contribution < -0.4 is 15.4 Å². The summed E-state index contributed by atoms with van der Waals surface area (Å²) >= 11 is 6.46. The van der Waals surface area contributed by atoms with Gasteiger partial charge in [-0.25, -0.2) is 0 Å². The molecule has 0 unspecified atom stereocenters. The number of aromatic amines is 1. The average Bonchev–Trinajstić information content (AvgIpc) is 2.76. The number of rotatable bonds is 3. The summed E-state index contributed by atoms with van der Waals surface area (Å²) in [6, 6.07) is 5.13. The van der Waals surface area contributed by atoms with Crippen LogP contribution in [-0.2, 0) is 16.0 Å². The van der Waals surface area contributed by atoms with Crippen LogP contribution in [0.5, 0.6) is 5.75 Å². The van der Waals surface area contributed by atoms with E-state index in [9.17, 15) is 9.59 Å². The molecule has 6 nitrogen and oxygen atoms in total. The molecule has 2 aromatic rings. The number of aryl methyl sites for hydroxylation is 1. The van der Waals surface area contributed by atoms with Gasteiger partial charge in [0.25, 0.3) is 5.91 Å². The molecule has 22 heavy (non-hydrogen) atoms. The molecule has 8 heteroatoms. The average molecular weight is 335 g/mol. The largest absolute Gasteiger partial charge is 0.482 e. The molecule has 1 aliphatic rings. The molecule has 0 spiro atoms. The highest BCUT2D eigenvalue weighted by molar-refractivity contribution is 7.73. The van der Waals surface area contributed by atoms with Gasteiger partial charge in [0.15, 0.2) is 10.6 Å². The fourth-order valence-electron chi connectivity index (χ4n) is 2.12. The first-order valence-corrected chi connectivity index (χ1v) is 7.79. The minimum absolute atomic E-state index is 0.0102. The van der Waals surface area contributed by atoms with E-state index in [1.54, 1.807) is 18.2 Å². The fourth-order valence-corrected chi connectivity index (χ4v) is 3.41. The molecule has 0 radical (unpaired) electrons. The van der Waals surface area contributed by atoms with E-state index in [1.807, 2.05) is 6.92 Å². The first kappa shape index (κ1) is 14.7. The Morgan fingerprint density at radius 1 is 1.50 bits per heavy atom. The zero-order valence-electron chi connectivity index (χ0n) is 11.7. The van der Waals surface area contributed by atoms with Gasteiger partial charge in [-0.05, 0) is 37.3 Å². The molecule has 1 aromatic carbocycles. The zero-order chi connectivity index (χ0) is 15.7. The van der Waals surface area contributed by atoms with E-state index in [-0.39, 0.29) is 24.8 Å². The maximum Gasteiger partial charge on any atom is 0.262 e. The van der Waals surface area contributed by atoms with Gasteiger partial charge in [0.1, 0.15) is 5.75 Å². The van der Waals surface area contributed by atoms with Gasteiger partial charge in [-0.1, -0.05) is 0 Å². The van der Waals surface area contributed by atoms with E-state index in [0.29, 0.717) is 21.1 Å². The van der Waals surface area contributed by atoms with E-state index >= 15 is 0 Å². The second kappa shape index (κ2) is 5.90. The van der Waals surface area contributed by atoms with E-state index in [4.69, 9.17) is 17.0 Å². The smallest absolute Gasteiger partial charge is 0.262 e. The van der Waals surface area contributed by atoms with Crippen LogP contribution in [0.15, 0.2) is 18.2 Å². The number of hydrogen-bond acceptors (Lipinski definition) is 5. The van der Waals surface area contributed by atoms with Crippen LogP contribution in [0.3, 0.4) is 0 Å². The topological polar surface area (TPSA) is 83.2 Å². The molecule has 0 saturated heterocycles. The van der Waals surface area contributed by atoms with E-state index in [1.165, 1.54) is 11.3 Å². The summed E-state index contributed by atoms with van der Waals surface area (Å²) in [4.78, 5) is 27.3. The Balaban J connectivity index is 1.72. The molecule has 2 amide bonds. The molecule has 0 saturated carbocycles. The fraction of sp³-hybridized carbons (Fsp3) is 0.214. The molecular weight excluding hydrogens is 322 g/mol. The standard InChI is InChI=1S/C14H13N3O3S2/c1-7-11(22-14(21)15-7)5-12(18)16-8-2-3-10-9(4-8)17-13(19)6-20-10/h2-4H,5-6H2,1H3,(H,15,21)(H,16,18)(H,17,19). The minimum atomic E-state index is -0.210. The Bertz CT molecular complexity index is 810. The molecule has 2 heterocycles. The Hall–Kier alpha value is -2.19. The van der Waals surface area contributed by atoms with Crippen LogP contribution >= 0.6 is 23.6 Å². The van der Waals surface area contributed by atoms with Crippen molar-refractivity contribution in [3.63, 3.8) is 0 Å². The van der Waals surface area contributed by atoms with E-state index < -0.39 is 0 Å². The van der Waals surface area contributed by atoms with Gasteiger partial charge in [0.2, 0.25) is 5.91 Å². The molecule has 1 aliphatic heterocycles. The van der Waals surface area contributed by atoms with Gasteiger partial charge in [0, 0.05) is 16.3 Å². The highest BCUT2D eigenvalue weighted by Gasteiger charge is 2.16. The lowest BCUT2D eigenvalue weighted by molar-refractivity contribution is -0.118. The van der Waals surface area contributed by atoms with E-state index in [0.717, 1.165) is 10.6 Å². The second-order valence-corrected chi connectivity index (χ2v) is 6.61. The second-order valence-electron chi connectivity index (χ2n) is 4.84. The molecule has 0 aliphatic carbocycles. The number of anilines is 2. The van der Waals surface area contributed by atoms with Crippen molar-refractivity contribution in [3.8, 4) is 5.75 Å². The number of thiazole rings is 1. The number of carbonyl (C=O) groups excluding carboxylic acids is 2. The Kier molecular flexibility index (Phi) is 3.95. The summed E-state index contributed by atoms with van der Waals surface area (Å²) in [7, 11) is 0. The van der Waals surface area contributed by atoms with Gasteiger partial charge in [0.05, 0.1) is 12.1 Å². The Labute approximate surface area is 135 Å².